The van der Waals surface area contributed by atoms with Gasteiger partial charge in [-0.3, -0.25) is 9.36 Å². The molecule has 9 heteroatoms. The van der Waals surface area contributed by atoms with Gasteiger partial charge in [-0.1, -0.05) is 51.1 Å². The second-order valence-electron chi connectivity index (χ2n) is 12.1. The van der Waals surface area contributed by atoms with Crippen LogP contribution in [0.2, 0.25) is 18.1 Å². The molecule has 1 aliphatic heterocycles. The Labute approximate surface area is 231 Å². The minimum Gasteiger partial charge on any atom is -0.408 e. The summed E-state index contributed by atoms with van der Waals surface area (Å²) in [6.07, 6.45) is 2.07. The zero-order valence-electron chi connectivity index (χ0n) is 23.9. The van der Waals surface area contributed by atoms with Gasteiger partial charge in [-0.05, 0) is 72.9 Å². The van der Waals surface area contributed by atoms with Gasteiger partial charge in [0.1, 0.15) is 12.1 Å². The summed E-state index contributed by atoms with van der Waals surface area (Å²) in [6, 6.07) is 15.2. The van der Waals surface area contributed by atoms with Crippen LogP contribution in [-0.2, 0) is 22.7 Å². The topological polar surface area (TPSA) is 100 Å². The third-order valence-electron chi connectivity index (χ3n) is 8.15. The molecular formula is C30H40N4O4Si. The quantitative estimate of drug-likeness (QED) is 0.384. The fraction of sp³-hybridized carbons (Fsp3) is 0.500. The van der Waals surface area contributed by atoms with Gasteiger partial charge in [-0.15, -0.1) is 0 Å². The number of aromatic nitrogens is 1. The van der Waals surface area contributed by atoms with E-state index in [1.165, 1.54) is 4.57 Å². The summed E-state index contributed by atoms with van der Waals surface area (Å²) in [5.41, 5.74) is 4.18. The number of carbonyl (C=O) groups excluding carboxylic acids is 1. The van der Waals surface area contributed by atoms with Crippen molar-refractivity contribution in [2.24, 2.45) is 7.05 Å². The molecule has 1 amide bonds. The number of carbonyl (C=O) groups is 1. The molecule has 1 saturated heterocycles. The summed E-state index contributed by atoms with van der Waals surface area (Å²) < 4.78 is 13.3. The second-order valence-corrected chi connectivity index (χ2v) is 16.8. The number of nitrogens with zero attached hydrogens (tertiary/aromatic N) is 3. The van der Waals surface area contributed by atoms with Gasteiger partial charge in [0.05, 0.1) is 11.6 Å². The van der Waals surface area contributed by atoms with Crippen LogP contribution in [-0.4, -0.2) is 55.5 Å². The van der Waals surface area contributed by atoms with Crippen LogP contribution in [0.1, 0.15) is 39.2 Å². The number of fused-ring (bicyclic) bond motifs is 1. The molecule has 2 aromatic carbocycles. The largest absolute Gasteiger partial charge is 0.419 e. The van der Waals surface area contributed by atoms with E-state index >= 15 is 0 Å². The highest BCUT2D eigenvalue weighted by Crippen LogP contribution is 2.37. The molecule has 0 radical (unpaired) electrons. The highest BCUT2D eigenvalue weighted by molar-refractivity contribution is 6.74. The molecule has 1 aromatic heterocycles. The Morgan fingerprint density at radius 2 is 1.77 bits per heavy atom. The van der Waals surface area contributed by atoms with Crippen molar-refractivity contribution in [2.75, 3.05) is 19.6 Å². The lowest BCUT2D eigenvalue weighted by atomic mass is 10.0. The van der Waals surface area contributed by atoms with Crippen molar-refractivity contribution >= 4 is 25.3 Å². The maximum Gasteiger partial charge on any atom is 0.419 e. The summed E-state index contributed by atoms with van der Waals surface area (Å²) in [7, 11) is -0.506. The van der Waals surface area contributed by atoms with Crippen molar-refractivity contribution in [3.05, 3.63) is 58.6 Å². The first-order valence-corrected chi connectivity index (χ1v) is 16.6. The molecule has 1 fully saturated rings. The van der Waals surface area contributed by atoms with Crippen molar-refractivity contribution in [1.29, 1.82) is 5.26 Å². The fourth-order valence-corrected chi connectivity index (χ4v) is 5.92. The van der Waals surface area contributed by atoms with E-state index in [2.05, 4.69) is 50.2 Å². The van der Waals surface area contributed by atoms with E-state index in [0.29, 0.717) is 18.5 Å². The molecule has 0 bridgehead atoms. The minimum absolute atomic E-state index is 0.0241. The van der Waals surface area contributed by atoms with Crippen molar-refractivity contribution in [3.63, 3.8) is 0 Å². The number of aryl methyl sites for hydroxylation is 1. The molecule has 2 heterocycles. The van der Waals surface area contributed by atoms with Crippen molar-refractivity contribution in [1.82, 2.24) is 14.8 Å². The maximum atomic E-state index is 13.4. The normalized spacial score (nSPS) is 16.2. The molecule has 0 aliphatic carbocycles. The number of hydrogen-bond donors (Lipinski definition) is 1. The second kappa shape index (κ2) is 11.5. The summed E-state index contributed by atoms with van der Waals surface area (Å²) in [6.45, 7) is 13.3. The summed E-state index contributed by atoms with van der Waals surface area (Å²) in [4.78, 5) is 27.5. The maximum absolute atomic E-state index is 13.4. The molecule has 208 valence electrons. The lowest BCUT2D eigenvalue weighted by molar-refractivity contribution is -0.129. The number of nitrogens with one attached hydrogen (secondary N) is 1. The van der Waals surface area contributed by atoms with Crippen molar-refractivity contribution in [2.45, 2.75) is 70.3 Å². The zero-order valence-corrected chi connectivity index (χ0v) is 24.9. The van der Waals surface area contributed by atoms with E-state index in [-0.39, 0.29) is 16.7 Å². The van der Waals surface area contributed by atoms with Gasteiger partial charge < -0.3 is 19.1 Å². The van der Waals surface area contributed by atoms with Gasteiger partial charge in [-0.25, -0.2) is 4.79 Å². The van der Waals surface area contributed by atoms with Gasteiger partial charge in [0, 0.05) is 20.0 Å². The number of nitriles is 1. The Kier molecular flexibility index (Phi) is 8.50. The molecule has 4 rings (SSSR count). The summed E-state index contributed by atoms with van der Waals surface area (Å²) >= 11 is 0. The van der Waals surface area contributed by atoms with Crippen LogP contribution in [0.25, 0.3) is 22.2 Å². The van der Waals surface area contributed by atoms with Crippen molar-refractivity contribution in [3.8, 4) is 17.2 Å². The van der Waals surface area contributed by atoms with Crippen LogP contribution in [0, 0.1) is 11.3 Å². The number of likely N-dealkylation sites (tertiary alicyclic amines) is 1. The molecule has 1 aliphatic rings. The molecule has 3 aromatic rings. The van der Waals surface area contributed by atoms with E-state index in [1.54, 1.807) is 13.1 Å². The Morgan fingerprint density at radius 1 is 1.13 bits per heavy atom. The first-order valence-electron chi connectivity index (χ1n) is 13.7. The molecular weight excluding hydrogens is 508 g/mol. The summed E-state index contributed by atoms with van der Waals surface area (Å²) in [5.74, 6) is -0.603. The average Bonchev–Trinajstić information content (AvgIpc) is 3.50. The molecule has 1 N–H and O–H groups in total. The molecule has 8 nitrogen and oxygen atoms in total. The Hall–Kier alpha value is -3.19. The Morgan fingerprint density at radius 3 is 2.38 bits per heavy atom. The van der Waals surface area contributed by atoms with Gasteiger partial charge in [0.25, 0.3) is 0 Å². The molecule has 39 heavy (non-hydrogen) atoms. The molecule has 0 spiro atoms. The number of rotatable bonds is 9. The number of amides is 1. The van der Waals surface area contributed by atoms with E-state index in [4.69, 9.17) is 8.84 Å². The van der Waals surface area contributed by atoms with Crippen LogP contribution in [0.3, 0.4) is 0 Å². The van der Waals surface area contributed by atoms with Crippen LogP contribution in [0.4, 0.5) is 0 Å². The first-order chi connectivity index (χ1) is 18.4. The SMILES string of the molecule is Cn1c(=O)oc2ccc(-c3ccc(C[C@@H](C#N)NC(=O)[C@H](CN4CCCC4)O[Si](C)(C)C(C)(C)C)cc3)cc21. The van der Waals surface area contributed by atoms with E-state index in [9.17, 15) is 14.9 Å². The van der Waals surface area contributed by atoms with Crippen LogP contribution in [0.15, 0.2) is 51.7 Å². The van der Waals surface area contributed by atoms with Gasteiger partial charge in [-0.2, -0.15) is 5.26 Å². The van der Waals surface area contributed by atoms with Crippen LogP contribution < -0.4 is 11.1 Å². The molecule has 0 unspecified atom stereocenters. The highest BCUT2D eigenvalue weighted by Gasteiger charge is 2.41. The smallest absolute Gasteiger partial charge is 0.408 e. The summed E-state index contributed by atoms with van der Waals surface area (Å²) in [5, 5.41) is 12.8. The monoisotopic (exact) mass is 548 g/mol. The van der Waals surface area contributed by atoms with E-state index in [0.717, 1.165) is 48.1 Å². The van der Waals surface area contributed by atoms with Gasteiger partial charge >= 0.3 is 5.76 Å². The highest BCUT2D eigenvalue weighted by atomic mass is 28.4. The Bertz CT molecular complexity index is 1410. The van der Waals surface area contributed by atoms with Gasteiger partial charge in [0.2, 0.25) is 5.91 Å². The third kappa shape index (κ3) is 6.69. The van der Waals surface area contributed by atoms with E-state index in [1.807, 2.05) is 36.4 Å². The molecule has 2 atom stereocenters. The fourth-order valence-electron chi connectivity index (χ4n) is 4.67. The predicted molar refractivity (Wildman–Crippen MR) is 156 cm³/mol. The first kappa shape index (κ1) is 28.8. The standard InChI is InChI=1S/C30H40N4O4Si/c1-30(2,3)39(5,6)38-27(20-34-15-7-8-16-34)28(35)32-24(19-31)17-21-9-11-22(12-10-21)23-13-14-26-25(18-23)33(4)29(36)37-26/h9-14,18,24,27H,7-8,15-17,20H2,1-6H3,(H,32,35)/t24-,27-/m0/s1. The lowest BCUT2D eigenvalue weighted by Gasteiger charge is -2.39. The van der Waals surface area contributed by atoms with Gasteiger partial charge in [0.15, 0.2) is 13.9 Å². The number of oxazole rings is 1. The van der Waals surface area contributed by atoms with Crippen molar-refractivity contribution < 1.29 is 13.6 Å². The van der Waals surface area contributed by atoms with E-state index < -0.39 is 20.5 Å². The minimum atomic E-state index is -2.19. The number of benzene rings is 2. The zero-order chi connectivity index (χ0) is 28.4. The predicted octanol–water partition coefficient (Wildman–Crippen LogP) is 4.84. The van der Waals surface area contributed by atoms with Crippen LogP contribution in [0.5, 0.6) is 0 Å². The average molecular weight is 549 g/mol. The third-order valence-corrected chi connectivity index (χ3v) is 12.6. The van der Waals surface area contributed by atoms with Crippen LogP contribution >= 0.6 is 0 Å². The Balaban J connectivity index is 1.45. The lowest BCUT2D eigenvalue weighted by Crippen LogP contribution is -2.53. The number of hydrogen-bond acceptors (Lipinski definition) is 6. The molecule has 0 saturated carbocycles.